The monoisotopic (exact) mass is 395 g/mol. The van der Waals surface area contributed by atoms with Gasteiger partial charge in [0.15, 0.2) is 0 Å². The number of aryl methyl sites for hydroxylation is 2. The van der Waals surface area contributed by atoms with Crippen molar-refractivity contribution in [2.75, 3.05) is 31.8 Å². The molecule has 1 rings (SSSR count). The average molecular weight is 396 g/mol. The minimum Gasteiger partial charge on any atom is -0.493 e. The van der Waals surface area contributed by atoms with Gasteiger partial charge in [0, 0.05) is 16.6 Å². The van der Waals surface area contributed by atoms with E-state index in [4.69, 9.17) is 9.47 Å². The molecule has 0 bridgehead atoms. The van der Waals surface area contributed by atoms with Crippen LogP contribution in [0, 0.1) is 13.8 Å². The Bertz CT molecular complexity index is 606. The summed E-state index contributed by atoms with van der Waals surface area (Å²) in [5, 5.41) is 3.60. The number of benzene rings is 1. The van der Waals surface area contributed by atoms with Gasteiger partial charge in [-0.3, -0.25) is 4.21 Å². The predicted octanol–water partition coefficient (Wildman–Crippen LogP) is 4.58. The number of ether oxygens (including phenoxy) is 2. The first-order valence-corrected chi connectivity index (χ1v) is 10.9. The third-order valence-electron chi connectivity index (χ3n) is 3.97. The highest BCUT2D eigenvalue weighted by molar-refractivity contribution is 7.85. The van der Waals surface area contributed by atoms with Crippen molar-refractivity contribution in [3.05, 3.63) is 35.4 Å². The smallest absolute Gasteiger partial charge is 0.125 e. The summed E-state index contributed by atoms with van der Waals surface area (Å²) >= 11 is 0. The second-order valence-corrected chi connectivity index (χ2v) is 7.93. The minimum atomic E-state index is -0.847. The van der Waals surface area contributed by atoms with Gasteiger partial charge in [0.25, 0.3) is 0 Å². The normalized spacial score (nSPS) is 12.6. The van der Waals surface area contributed by atoms with E-state index in [1.54, 1.807) is 6.21 Å². The molecule has 0 heterocycles. The summed E-state index contributed by atoms with van der Waals surface area (Å²) in [4.78, 5) is 4.56. The van der Waals surface area contributed by atoms with E-state index in [-0.39, 0.29) is 0 Å². The Morgan fingerprint density at radius 1 is 1.07 bits per heavy atom. The van der Waals surface area contributed by atoms with E-state index in [1.165, 1.54) is 7.11 Å². The molecule has 1 aromatic rings. The number of oxime groups is 1. The van der Waals surface area contributed by atoms with Crippen LogP contribution < -0.4 is 9.47 Å². The molecule has 1 atom stereocenters. The molecule has 1 unspecified atom stereocenters. The summed E-state index contributed by atoms with van der Waals surface area (Å²) in [5.41, 5.74) is 2.19. The van der Waals surface area contributed by atoms with Gasteiger partial charge in [-0.2, -0.15) is 0 Å². The zero-order valence-corrected chi connectivity index (χ0v) is 17.8. The predicted molar refractivity (Wildman–Crippen MR) is 114 cm³/mol. The highest BCUT2D eigenvalue weighted by Crippen LogP contribution is 2.28. The molecule has 0 fully saturated rings. The molecular formula is C21H33NO4S. The molecule has 0 aliphatic rings. The molecule has 0 saturated carbocycles. The topological polar surface area (TPSA) is 57.1 Å². The van der Waals surface area contributed by atoms with Crippen molar-refractivity contribution in [1.82, 2.24) is 0 Å². The molecule has 0 amide bonds. The Morgan fingerprint density at radius 3 is 2.44 bits per heavy atom. The van der Waals surface area contributed by atoms with Crippen molar-refractivity contribution < 1.29 is 18.5 Å². The lowest BCUT2D eigenvalue weighted by Crippen LogP contribution is -2.05. The quantitative estimate of drug-likeness (QED) is 0.200. The highest BCUT2D eigenvalue weighted by Gasteiger charge is 2.07. The summed E-state index contributed by atoms with van der Waals surface area (Å²) < 4.78 is 23.4. The van der Waals surface area contributed by atoms with Gasteiger partial charge in [0.1, 0.15) is 25.2 Å². The Balaban J connectivity index is 2.24. The van der Waals surface area contributed by atoms with Gasteiger partial charge in [0.2, 0.25) is 0 Å². The fourth-order valence-electron chi connectivity index (χ4n) is 2.63. The van der Waals surface area contributed by atoms with E-state index >= 15 is 0 Å². The van der Waals surface area contributed by atoms with E-state index in [1.807, 2.05) is 45.1 Å². The molecule has 152 valence electrons. The largest absolute Gasteiger partial charge is 0.493 e. The molecule has 0 aromatic heterocycles. The van der Waals surface area contributed by atoms with E-state index in [0.717, 1.165) is 48.3 Å². The van der Waals surface area contributed by atoms with Crippen LogP contribution in [0.5, 0.6) is 11.5 Å². The molecule has 1 aromatic carbocycles. The standard InChI is InChI=1S/C21H33NO4S/c1-5-6-12-25-20-16-18(2)21(19(3)17-20)26-13-9-7-8-10-14-27(23)15-11-22-24-4/h5-6,11,16-17H,7-10,12-15H2,1-4H3/b6-5+,22-11+. The zero-order chi connectivity index (χ0) is 19.9. The lowest BCUT2D eigenvalue weighted by atomic mass is 10.1. The lowest BCUT2D eigenvalue weighted by molar-refractivity contribution is 0.215. The summed E-state index contributed by atoms with van der Waals surface area (Å²) in [6, 6.07) is 4.04. The van der Waals surface area contributed by atoms with Gasteiger partial charge in [-0.15, -0.1) is 0 Å². The summed E-state index contributed by atoms with van der Waals surface area (Å²) in [7, 11) is 0.637. The van der Waals surface area contributed by atoms with E-state index < -0.39 is 10.8 Å². The fourth-order valence-corrected chi connectivity index (χ4v) is 3.55. The highest BCUT2D eigenvalue weighted by atomic mass is 32.2. The molecule has 0 aliphatic heterocycles. The van der Waals surface area contributed by atoms with E-state index in [2.05, 4.69) is 9.99 Å². The maximum Gasteiger partial charge on any atom is 0.125 e. The van der Waals surface area contributed by atoms with Crippen molar-refractivity contribution in [2.45, 2.75) is 46.5 Å². The minimum absolute atomic E-state index is 0.462. The first-order valence-electron chi connectivity index (χ1n) is 9.46. The Morgan fingerprint density at radius 2 is 1.78 bits per heavy atom. The molecule has 5 nitrogen and oxygen atoms in total. The zero-order valence-electron chi connectivity index (χ0n) is 17.0. The first-order chi connectivity index (χ1) is 13.1. The third-order valence-corrected chi connectivity index (χ3v) is 5.23. The van der Waals surface area contributed by atoms with Crippen LogP contribution in [0.4, 0.5) is 0 Å². The first kappa shape index (κ1) is 23.2. The SMILES string of the molecule is C/C=C/COc1cc(C)c(OCCCCCCS(=O)C/C=N/OC)c(C)c1. The van der Waals surface area contributed by atoms with Gasteiger partial charge >= 0.3 is 0 Å². The Kier molecular flexibility index (Phi) is 12.3. The third kappa shape index (κ3) is 10.2. The molecule has 0 N–H and O–H groups in total. The van der Waals surface area contributed by atoms with Crippen LogP contribution in [-0.4, -0.2) is 42.3 Å². The molecule has 6 heteroatoms. The van der Waals surface area contributed by atoms with Crippen LogP contribution in [0.3, 0.4) is 0 Å². The Labute approximate surface area is 166 Å². The molecule has 0 spiro atoms. The van der Waals surface area contributed by atoms with Crippen molar-refractivity contribution in [3.63, 3.8) is 0 Å². The molecule has 0 aliphatic carbocycles. The van der Waals surface area contributed by atoms with Gasteiger partial charge in [-0.1, -0.05) is 30.1 Å². The molecular weight excluding hydrogens is 362 g/mol. The summed E-state index contributed by atoms with van der Waals surface area (Å²) in [6.07, 6.45) is 9.62. The van der Waals surface area contributed by atoms with Crippen LogP contribution in [0.25, 0.3) is 0 Å². The van der Waals surface area contributed by atoms with Crippen LogP contribution in [0.2, 0.25) is 0 Å². The fraction of sp³-hybridized carbons (Fsp3) is 0.571. The second-order valence-electron chi connectivity index (χ2n) is 6.31. The maximum atomic E-state index is 11.7. The number of hydrogen-bond acceptors (Lipinski definition) is 5. The van der Waals surface area contributed by atoms with E-state index in [9.17, 15) is 4.21 Å². The van der Waals surface area contributed by atoms with Crippen LogP contribution in [0.15, 0.2) is 29.4 Å². The van der Waals surface area contributed by atoms with Crippen molar-refractivity contribution in [2.24, 2.45) is 5.16 Å². The maximum absolute atomic E-state index is 11.7. The number of rotatable bonds is 14. The van der Waals surface area contributed by atoms with Gasteiger partial charge < -0.3 is 14.3 Å². The molecule has 0 saturated heterocycles. The van der Waals surface area contributed by atoms with Crippen LogP contribution in [-0.2, 0) is 15.6 Å². The Hall–Kier alpha value is -1.82. The lowest BCUT2D eigenvalue weighted by Gasteiger charge is -2.14. The molecule has 27 heavy (non-hydrogen) atoms. The summed E-state index contributed by atoms with van der Waals surface area (Å²) in [6.45, 7) is 7.36. The van der Waals surface area contributed by atoms with Crippen LogP contribution in [0.1, 0.15) is 43.7 Å². The number of unbranched alkanes of at least 4 members (excludes halogenated alkanes) is 3. The van der Waals surface area contributed by atoms with Crippen molar-refractivity contribution in [1.29, 1.82) is 0 Å². The number of allylic oxidation sites excluding steroid dienone is 1. The van der Waals surface area contributed by atoms with Crippen molar-refractivity contribution in [3.8, 4) is 11.5 Å². The van der Waals surface area contributed by atoms with Crippen molar-refractivity contribution >= 4 is 17.0 Å². The van der Waals surface area contributed by atoms with Gasteiger partial charge in [-0.05, 0) is 56.9 Å². The number of nitrogens with zero attached hydrogens (tertiary/aromatic N) is 1. The number of hydrogen-bond donors (Lipinski definition) is 0. The second kappa shape index (κ2) is 14.3. The molecule has 0 radical (unpaired) electrons. The van der Waals surface area contributed by atoms with E-state index in [0.29, 0.717) is 24.7 Å². The average Bonchev–Trinajstić information content (AvgIpc) is 2.63. The van der Waals surface area contributed by atoms with Crippen LogP contribution >= 0.6 is 0 Å². The summed E-state index contributed by atoms with van der Waals surface area (Å²) in [5.74, 6) is 3.00. The van der Waals surface area contributed by atoms with Gasteiger partial charge in [-0.25, -0.2) is 0 Å². The van der Waals surface area contributed by atoms with Gasteiger partial charge in [0.05, 0.1) is 18.6 Å².